The van der Waals surface area contributed by atoms with Crippen LogP contribution in [-0.4, -0.2) is 63.8 Å². The molecule has 1 aliphatic rings. The molecule has 1 aliphatic heterocycles. The van der Waals surface area contributed by atoms with E-state index in [1.54, 1.807) is 10.9 Å². The normalized spacial score (nSPS) is 15.6. The summed E-state index contributed by atoms with van der Waals surface area (Å²) in [6, 6.07) is 5.02. The molecular formula is C19H20ClF3N6O. The second kappa shape index (κ2) is 8.75. The van der Waals surface area contributed by atoms with E-state index in [2.05, 4.69) is 25.2 Å². The third kappa shape index (κ3) is 4.82. The van der Waals surface area contributed by atoms with Crippen molar-refractivity contribution in [3.63, 3.8) is 0 Å². The van der Waals surface area contributed by atoms with Crippen LogP contribution in [0, 0.1) is 0 Å². The number of halogens is 4. The van der Waals surface area contributed by atoms with Crippen molar-refractivity contribution in [2.24, 2.45) is 0 Å². The predicted octanol–water partition coefficient (Wildman–Crippen LogP) is 3.29. The molecule has 0 saturated carbocycles. The van der Waals surface area contributed by atoms with E-state index in [9.17, 15) is 13.2 Å². The molecule has 0 bridgehead atoms. The molecule has 160 valence electrons. The number of morpholine rings is 1. The summed E-state index contributed by atoms with van der Waals surface area (Å²) in [7, 11) is 0. The number of nitrogens with one attached hydrogen (secondary N) is 1. The number of imidazole rings is 1. The molecule has 30 heavy (non-hydrogen) atoms. The van der Waals surface area contributed by atoms with Gasteiger partial charge in [-0.25, -0.2) is 4.98 Å². The zero-order chi connectivity index (χ0) is 21.1. The van der Waals surface area contributed by atoms with Gasteiger partial charge in [0.25, 0.3) is 0 Å². The van der Waals surface area contributed by atoms with Crippen LogP contribution in [-0.2, 0) is 17.5 Å². The average molecular weight is 441 g/mol. The van der Waals surface area contributed by atoms with Crippen LogP contribution in [0.25, 0.3) is 11.2 Å². The molecule has 0 radical (unpaired) electrons. The molecule has 3 aromatic rings. The third-order valence-corrected chi connectivity index (χ3v) is 5.06. The van der Waals surface area contributed by atoms with Crippen molar-refractivity contribution in [2.75, 3.05) is 44.7 Å². The van der Waals surface area contributed by atoms with Gasteiger partial charge >= 0.3 is 6.18 Å². The van der Waals surface area contributed by atoms with Crippen LogP contribution in [0.3, 0.4) is 0 Å². The maximum Gasteiger partial charge on any atom is 0.416 e. The SMILES string of the molecule is FC(F)(F)c1ccc(Cn2cnc3c(NCCN4CCOCC4)nc(Cl)nc32)cc1. The van der Waals surface area contributed by atoms with E-state index in [1.807, 2.05) is 0 Å². The summed E-state index contributed by atoms with van der Waals surface area (Å²) in [5, 5.41) is 3.33. The van der Waals surface area contributed by atoms with Gasteiger partial charge in [0.05, 0.1) is 31.6 Å². The molecule has 1 fully saturated rings. The van der Waals surface area contributed by atoms with Crippen molar-refractivity contribution in [3.05, 3.63) is 47.0 Å². The predicted molar refractivity (Wildman–Crippen MR) is 107 cm³/mol. The summed E-state index contributed by atoms with van der Waals surface area (Å²) in [4.78, 5) is 15.2. The smallest absolute Gasteiger partial charge is 0.379 e. The molecule has 1 N–H and O–H groups in total. The van der Waals surface area contributed by atoms with E-state index >= 15 is 0 Å². The Bertz CT molecular complexity index is 1000. The highest BCUT2D eigenvalue weighted by atomic mass is 35.5. The minimum absolute atomic E-state index is 0.0746. The lowest BCUT2D eigenvalue weighted by Crippen LogP contribution is -2.39. The average Bonchev–Trinajstić information content (AvgIpc) is 3.11. The largest absolute Gasteiger partial charge is 0.416 e. The third-order valence-electron chi connectivity index (χ3n) is 4.89. The molecular weight excluding hydrogens is 421 g/mol. The van der Waals surface area contributed by atoms with E-state index in [1.165, 1.54) is 12.1 Å². The van der Waals surface area contributed by atoms with Gasteiger partial charge in [0, 0.05) is 26.2 Å². The van der Waals surface area contributed by atoms with Crippen LogP contribution < -0.4 is 5.32 Å². The zero-order valence-electron chi connectivity index (χ0n) is 16.0. The van der Waals surface area contributed by atoms with Crippen LogP contribution >= 0.6 is 11.6 Å². The van der Waals surface area contributed by atoms with E-state index in [0.29, 0.717) is 35.6 Å². The number of benzene rings is 1. The first-order valence-electron chi connectivity index (χ1n) is 9.48. The van der Waals surface area contributed by atoms with Gasteiger partial charge in [0.1, 0.15) is 0 Å². The van der Waals surface area contributed by atoms with Crippen LogP contribution in [0.15, 0.2) is 30.6 Å². The molecule has 11 heteroatoms. The quantitative estimate of drug-likeness (QED) is 0.593. The molecule has 7 nitrogen and oxygen atoms in total. The maximum atomic E-state index is 12.8. The Hall–Kier alpha value is -2.43. The monoisotopic (exact) mass is 440 g/mol. The van der Waals surface area contributed by atoms with Crippen molar-refractivity contribution < 1.29 is 17.9 Å². The number of alkyl halides is 3. The molecule has 1 aromatic carbocycles. The fourth-order valence-corrected chi connectivity index (χ4v) is 3.47. The highest BCUT2D eigenvalue weighted by molar-refractivity contribution is 6.28. The Morgan fingerprint density at radius 3 is 2.53 bits per heavy atom. The summed E-state index contributed by atoms with van der Waals surface area (Å²) in [5.74, 6) is 0.532. The molecule has 2 aromatic heterocycles. The number of hydrogen-bond acceptors (Lipinski definition) is 6. The Labute approximate surface area is 175 Å². The second-order valence-electron chi connectivity index (χ2n) is 6.96. The fourth-order valence-electron chi connectivity index (χ4n) is 3.31. The molecule has 0 aliphatic carbocycles. The van der Waals surface area contributed by atoms with Gasteiger partial charge in [-0.1, -0.05) is 12.1 Å². The number of fused-ring (bicyclic) bond motifs is 1. The van der Waals surface area contributed by atoms with E-state index in [4.69, 9.17) is 16.3 Å². The lowest BCUT2D eigenvalue weighted by Gasteiger charge is -2.26. The minimum Gasteiger partial charge on any atom is -0.379 e. The topological polar surface area (TPSA) is 68.1 Å². The van der Waals surface area contributed by atoms with Crippen LogP contribution in [0.2, 0.25) is 5.28 Å². The molecule has 3 heterocycles. The number of anilines is 1. The summed E-state index contributed by atoms with van der Waals surface area (Å²) in [6.45, 7) is 5.06. The maximum absolute atomic E-state index is 12.8. The standard InChI is InChI=1S/C19H20ClF3N6O/c20-18-26-16(24-5-6-28-7-9-30-10-8-28)15-17(27-18)29(12-25-15)11-13-1-3-14(4-2-13)19(21,22)23/h1-4,12H,5-11H2,(H,24,26,27). The number of hydrogen-bond donors (Lipinski definition) is 1. The molecule has 4 rings (SSSR count). The zero-order valence-corrected chi connectivity index (χ0v) is 16.7. The van der Waals surface area contributed by atoms with Gasteiger partial charge in [-0.05, 0) is 29.3 Å². The van der Waals surface area contributed by atoms with E-state index in [0.717, 1.165) is 45.0 Å². The number of aromatic nitrogens is 4. The first kappa shape index (κ1) is 20.8. The summed E-state index contributed by atoms with van der Waals surface area (Å²) in [5.41, 5.74) is 1.09. The van der Waals surface area contributed by atoms with Gasteiger partial charge in [0.2, 0.25) is 5.28 Å². The van der Waals surface area contributed by atoms with Crippen molar-refractivity contribution in [1.82, 2.24) is 24.4 Å². The minimum atomic E-state index is -4.36. The molecule has 0 spiro atoms. The van der Waals surface area contributed by atoms with Gasteiger partial charge < -0.3 is 14.6 Å². The van der Waals surface area contributed by atoms with Gasteiger partial charge in [-0.2, -0.15) is 23.1 Å². The van der Waals surface area contributed by atoms with Gasteiger partial charge in [-0.3, -0.25) is 4.90 Å². The van der Waals surface area contributed by atoms with E-state index < -0.39 is 11.7 Å². The number of ether oxygens (including phenoxy) is 1. The first-order chi connectivity index (χ1) is 14.4. The lowest BCUT2D eigenvalue weighted by molar-refractivity contribution is -0.137. The highest BCUT2D eigenvalue weighted by Gasteiger charge is 2.29. The van der Waals surface area contributed by atoms with Gasteiger partial charge in [0.15, 0.2) is 17.0 Å². The van der Waals surface area contributed by atoms with Crippen molar-refractivity contribution >= 4 is 28.6 Å². The molecule has 1 saturated heterocycles. The second-order valence-corrected chi connectivity index (χ2v) is 7.30. The number of rotatable bonds is 6. The van der Waals surface area contributed by atoms with Gasteiger partial charge in [-0.15, -0.1) is 0 Å². The Morgan fingerprint density at radius 2 is 1.83 bits per heavy atom. The van der Waals surface area contributed by atoms with E-state index in [-0.39, 0.29) is 5.28 Å². The molecule has 0 amide bonds. The first-order valence-corrected chi connectivity index (χ1v) is 9.86. The summed E-state index contributed by atoms with van der Waals surface area (Å²) >= 11 is 6.10. The Balaban J connectivity index is 1.48. The number of nitrogens with zero attached hydrogens (tertiary/aromatic N) is 5. The Morgan fingerprint density at radius 1 is 1.10 bits per heavy atom. The van der Waals surface area contributed by atoms with Crippen LogP contribution in [0.4, 0.5) is 19.0 Å². The molecule has 0 atom stereocenters. The summed E-state index contributed by atoms with van der Waals surface area (Å²) in [6.07, 6.45) is -2.77. The van der Waals surface area contributed by atoms with Crippen LogP contribution in [0.5, 0.6) is 0 Å². The van der Waals surface area contributed by atoms with Crippen LogP contribution in [0.1, 0.15) is 11.1 Å². The van der Waals surface area contributed by atoms with Crippen molar-refractivity contribution in [1.29, 1.82) is 0 Å². The van der Waals surface area contributed by atoms with Crippen molar-refractivity contribution in [2.45, 2.75) is 12.7 Å². The fraction of sp³-hybridized carbons (Fsp3) is 0.421. The summed E-state index contributed by atoms with van der Waals surface area (Å²) < 4.78 is 45.3. The highest BCUT2D eigenvalue weighted by Crippen LogP contribution is 2.29. The Kier molecular flexibility index (Phi) is 6.07. The lowest BCUT2D eigenvalue weighted by atomic mass is 10.1. The molecule has 0 unspecified atom stereocenters. The van der Waals surface area contributed by atoms with Crippen molar-refractivity contribution in [3.8, 4) is 0 Å².